The van der Waals surface area contributed by atoms with Gasteiger partial charge in [-0.2, -0.15) is 0 Å². The van der Waals surface area contributed by atoms with Crippen molar-refractivity contribution in [1.82, 2.24) is 9.80 Å². The SMILES string of the molecule is O=C(O)[C@@H](c1ccc2c(c1)OCCO2)N1CCC(N2CCOCC2)CC1. The highest BCUT2D eigenvalue weighted by Gasteiger charge is 2.33. The maximum Gasteiger partial charge on any atom is 0.325 e. The molecule has 1 aromatic rings. The van der Waals surface area contributed by atoms with Crippen molar-refractivity contribution in [3.8, 4) is 11.5 Å². The zero-order valence-electron chi connectivity index (χ0n) is 14.9. The van der Waals surface area contributed by atoms with Gasteiger partial charge in [0.1, 0.15) is 19.3 Å². The minimum atomic E-state index is -0.813. The molecule has 0 radical (unpaired) electrons. The predicted molar refractivity (Wildman–Crippen MR) is 94.8 cm³/mol. The first kappa shape index (κ1) is 17.6. The van der Waals surface area contributed by atoms with Crippen LogP contribution in [0.4, 0.5) is 0 Å². The van der Waals surface area contributed by atoms with Crippen LogP contribution in [0.15, 0.2) is 18.2 Å². The number of carbonyl (C=O) groups is 1. The molecule has 7 nitrogen and oxygen atoms in total. The van der Waals surface area contributed by atoms with Crippen LogP contribution in [0.3, 0.4) is 0 Å². The fraction of sp³-hybridized carbons (Fsp3) is 0.632. The lowest BCUT2D eigenvalue weighted by molar-refractivity contribution is -0.144. The quantitative estimate of drug-likeness (QED) is 0.868. The fourth-order valence-corrected chi connectivity index (χ4v) is 4.19. The van der Waals surface area contributed by atoms with Gasteiger partial charge in [-0.05, 0) is 30.5 Å². The van der Waals surface area contributed by atoms with E-state index in [0.29, 0.717) is 30.8 Å². The van der Waals surface area contributed by atoms with E-state index in [1.165, 1.54) is 0 Å². The van der Waals surface area contributed by atoms with Crippen molar-refractivity contribution in [2.45, 2.75) is 24.9 Å². The van der Waals surface area contributed by atoms with Crippen LogP contribution in [0, 0.1) is 0 Å². The molecule has 1 aromatic carbocycles. The molecule has 0 bridgehead atoms. The van der Waals surface area contributed by atoms with Gasteiger partial charge in [0, 0.05) is 32.2 Å². The molecule has 7 heteroatoms. The van der Waals surface area contributed by atoms with Crippen molar-refractivity contribution < 1.29 is 24.1 Å². The minimum absolute atomic E-state index is 0.499. The number of hydrogen-bond donors (Lipinski definition) is 1. The molecule has 1 atom stereocenters. The van der Waals surface area contributed by atoms with Crippen LogP contribution in [-0.4, -0.2) is 79.5 Å². The Morgan fingerprint density at radius 2 is 1.69 bits per heavy atom. The van der Waals surface area contributed by atoms with Gasteiger partial charge in [0.25, 0.3) is 0 Å². The van der Waals surface area contributed by atoms with Gasteiger partial charge in [-0.15, -0.1) is 0 Å². The molecule has 0 amide bonds. The number of ether oxygens (including phenoxy) is 3. The topological polar surface area (TPSA) is 71.5 Å². The van der Waals surface area contributed by atoms with E-state index in [1.807, 2.05) is 18.2 Å². The number of hydrogen-bond acceptors (Lipinski definition) is 6. The van der Waals surface area contributed by atoms with Crippen LogP contribution >= 0.6 is 0 Å². The van der Waals surface area contributed by atoms with Gasteiger partial charge in [-0.1, -0.05) is 6.07 Å². The largest absolute Gasteiger partial charge is 0.486 e. The Morgan fingerprint density at radius 1 is 1.00 bits per heavy atom. The third-order valence-corrected chi connectivity index (χ3v) is 5.54. The van der Waals surface area contributed by atoms with E-state index in [1.54, 1.807) is 0 Å². The average molecular weight is 362 g/mol. The summed E-state index contributed by atoms with van der Waals surface area (Å²) in [6, 6.07) is 5.38. The van der Waals surface area contributed by atoms with E-state index < -0.39 is 12.0 Å². The Hall–Kier alpha value is -1.83. The Labute approximate surface area is 153 Å². The van der Waals surface area contributed by atoms with E-state index >= 15 is 0 Å². The van der Waals surface area contributed by atoms with Crippen molar-refractivity contribution in [2.24, 2.45) is 0 Å². The van der Waals surface area contributed by atoms with Crippen LogP contribution in [0.5, 0.6) is 11.5 Å². The minimum Gasteiger partial charge on any atom is -0.486 e. The Kier molecular flexibility index (Phi) is 5.28. The van der Waals surface area contributed by atoms with E-state index in [9.17, 15) is 9.90 Å². The molecule has 0 aromatic heterocycles. The van der Waals surface area contributed by atoms with Crippen LogP contribution in [0.25, 0.3) is 0 Å². The number of piperidine rings is 1. The summed E-state index contributed by atoms with van der Waals surface area (Å²) in [5, 5.41) is 9.86. The molecule has 0 spiro atoms. The van der Waals surface area contributed by atoms with Gasteiger partial charge in [-0.3, -0.25) is 14.6 Å². The summed E-state index contributed by atoms with van der Waals surface area (Å²) in [4.78, 5) is 16.6. The molecule has 26 heavy (non-hydrogen) atoms. The lowest BCUT2D eigenvalue weighted by Gasteiger charge is -2.41. The second kappa shape index (κ2) is 7.82. The number of aliphatic carboxylic acids is 1. The molecule has 0 aliphatic carbocycles. The third kappa shape index (κ3) is 3.65. The Balaban J connectivity index is 1.45. The number of nitrogens with zero attached hydrogens (tertiary/aromatic N) is 2. The van der Waals surface area contributed by atoms with Gasteiger partial charge in [0.2, 0.25) is 0 Å². The maximum absolute atomic E-state index is 12.0. The first-order chi connectivity index (χ1) is 12.7. The second-order valence-electron chi connectivity index (χ2n) is 7.06. The van der Waals surface area contributed by atoms with Gasteiger partial charge in [0.05, 0.1) is 13.2 Å². The summed E-state index contributed by atoms with van der Waals surface area (Å²) in [5.74, 6) is 0.518. The van der Waals surface area contributed by atoms with Crippen molar-refractivity contribution >= 4 is 5.97 Å². The highest BCUT2D eigenvalue weighted by molar-refractivity contribution is 5.76. The summed E-state index contributed by atoms with van der Waals surface area (Å²) in [5.41, 5.74) is 0.756. The van der Waals surface area contributed by atoms with Gasteiger partial charge < -0.3 is 19.3 Å². The van der Waals surface area contributed by atoms with E-state index in [0.717, 1.165) is 57.8 Å². The Bertz CT molecular complexity index is 639. The first-order valence-corrected chi connectivity index (χ1v) is 9.40. The van der Waals surface area contributed by atoms with Crippen LogP contribution in [0.2, 0.25) is 0 Å². The average Bonchev–Trinajstić information content (AvgIpc) is 2.69. The molecule has 142 valence electrons. The van der Waals surface area contributed by atoms with Crippen molar-refractivity contribution in [1.29, 1.82) is 0 Å². The zero-order chi connectivity index (χ0) is 17.9. The number of carboxylic acids is 1. The number of fused-ring (bicyclic) bond motifs is 1. The predicted octanol–water partition coefficient (Wildman–Crippen LogP) is 1.38. The van der Waals surface area contributed by atoms with E-state index in [2.05, 4.69) is 9.80 Å². The lowest BCUT2D eigenvalue weighted by Crippen LogP contribution is -2.50. The van der Waals surface area contributed by atoms with Crippen molar-refractivity contribution in [3.05, 3.63) is 23.8 Å². The van der Waals surface area contributed by atoms with Gasteiger partial charge in [0.15, 0.2) is 11.5 Å². The van der Waals surface area contributed by atoms with Gasteiger partial charge >= 0.3 is 5.97 Å². The summed E-state index contributed by atoms with van der Waals surface area (Å²) in [6.07, 6.45) is 1.99. The number of carboxylic acid groups (broad SMARTS) is 1. The molecule has 3 aliphatic heterocycles. The standard InChI is InChI=1S/C19H26N2O5/c22-19(23)18(14-1-2-16-17(13-14)26-12-11-25-16)21-5-3-15(4-6-21)20-7-9-24-10-8-20/h1-2,13,15,18H,3-12H2,(H,22,23)/t18-/m1/s1. The molecule has 2 saturated heterocycles. The fourth-order valence-electron chi connectivity index (χ4n) is 4.19. The van der Waals surface area contributed by atoms with Crippen molar-refractivity contribution in [2.75, 3.05) is 52.6 Å². The second-order valence-corrected chi connectivity index (χ2v) is 7.06. The number of morpholine rings is 1. The molecule has 3 heterocycles. The van der Waals surface area contributed by atoms with E-state index in [4.69, 9.17) is 14.2 Å². The first-order valence-electron chi connectivity index (χ1n) is 9.40. The lowest BCUT2D eigenvalue weighted by atomic mass is 9.97. The molecule has 0 unspecified atom stereocenters. The van der Waals surface area contributed by atoms with Crippen LogP contribution in [-0.2, 0) is 9.53 Å². The number of benzene rings is 1. The zero-order valence-corrected chi connectivity index (χ0v) is 14.9. The van der Waals surface area contributed by atoms with Gasteiger partial charge in [-0.25, -0.2) is 0 Å². The number of likely N-dealkylation sites (tertiary alicyclic amines) is 1. The highest BCUT2D eigenvalue weighted by Crippen LogP contribution is 2.35. The van der Waals surface area contributed by atoms with E-state index in [-0.39, 0.29) is 0 Å². The molecule has 1 N–H and O–H groups in total. The third-order valence-electron chi connectivity index (χ3n) is 5.54. The molecule has 0 saturated carbocycles. The number of rotatable bonds is 4. The summed E-state index contributed by atoms with van der Waals surface area (Å²) in [7, 11) is 0. The highest BCUT2D eigenvalue weighted by atomic mass is 16.6. The van der Waals surface area contributed by atoms with Crippen LogP contribution < -0.4 is 9.47 Å². The maximum atomic E-state index is 12.0. The summed E-state index contributed by atoms with van der Waals surface area (Å²) < 4.78 is 16.6. The summed E-state index contributed by atoms with van der Waals surface area (Å²) >= 11 is 0. The molecule has 2 fully saturated rings. The monoisotopic (exact) mass is 362 g/mol. The Morgan fingerprint density at radius 3 is 2.38 bits per heavy atom. The molecule has 4 rings (SSSR count). The normalized spacial score (nSPS) is 23.5. The summed E-state index contributed by atoms with van der Waals surface area (Å²) in [6.45, 7) is 6.17. The molecular weight excluding hydrogens is 336 g/mol. The van der Waals surface area contributed by atoms with Crippen molar-refractivity contribution in [3.63, 3.8) is 0 Å². The smallest absolute Gasteiger partial charge is 0.325 e. The van der Waals surface area contributed by atoms with Crippen LogP contribution in [0.1, 0.15) is 24.4 Å². The molecular formula is C19H26N2O5. The molecule has 3 aliphatic rings.